The molecule has 7 spiro atoms. The van der Waals surface area contributed by atoms with Gasteiger partial charge in [0, 0.05) is 135 Å². The Balaban J connectivity index is 0.000000207. The standard InChI is InChI=1S/C15H17BrN2OS2.C14H16BrN3O2.2C13H14BrN3O2.C13H13BrN2O2.C11H18O2S2.C9H14O3.3CH4.H3N.H2O.H3P/c16-11-7-10-8-14(13(19)18-12(10)17-9-11)1-3-15(4-2-14)20-5-6-21-15;1-18-5-4-14(3-2-11(18)19)7-9-6-10(15)8-16-12(9)17-13(14)20;14-9-5-8-6-13(3-1-10(17-19)2-4-13)12(18)16-11(8)15-7-9;14-9-5-8-6-13(2-1-10(18)15-4-3-13)12(19)17-11(8)16-7-9;14-9-5-8-6-13(3-1-10(17)2-4-13)12(18)16-11(8)15-7-9;1-2-13-10(12)9-3-5-11(6-4-9)14-7-8-15-11;1-2-12-9(11)7-3-5-8(10)6-4-7;;;;;;/h7,9H,1-6,8H2,(H,17,18,19);6,8H,2-5,7H2,1H3,(H,16,17,20);5,7,19H,1-4,6H2,(H,15,16,18);5,7H,1-4,6H2,(H,15,18)(H,16,17,19);5,7H,1-4,6H2,(H,15,16,18);9H,2-8H2,1H3;7H,2-6H2,1H3;3*1H4;1H3;1H2;1H3. The minimum absolute atomic E-state index is 0. The van der Waals surface area contributed by atoms with Crippen LogP contribution in [-0.4, -0.2) is 176 Å². The Labute approximate surface area is 825 Å². The van der Waals surface area contributed by atoms with Gasteiger partial charge in [-0.1, -0.05) is 27.4 Å². The fraction of sp³-hybridized carbons (Fsp3) is 0.593. The molecule has 5 aromatic rings. The number of aromatic nitrogens is 5. The first kappa shape index (κ1) is 111. The summed E-state index contributed by atoms with van der Waals surface area (Å²) in [4.78, 5) is 153. The third kappa shape index (κ3) is 27.0. The maximum atomic E-state index is 12.6. The van der Waals surface area contributed by atoms with Crippen molar-refractivity contribution in [3.63, 3.8) is 0 Å². The second kappa shape index (κ2) is 49.1. The number of ketones is 2. The van der Waals surface area contributed by atoms with Crippen LogP contribution in [0.2, 0.25) is 0 Å². The smallest absolute Gasteiger partial charge is 0.308 e. The molecule has 19 rings (SSSR count). The molecule has 4 saturated heterocycles. The third-order valence-electron chi connectivity index (χ3n) is 26.6. The highest BCUT2D eigenvalue weighted by Gasteiger charge is 2.53. The first-order valence-electron chi connectivity index (χ1n) is 42.8. The van der Waals surface area contributed by atoms with Gasteiger partial charge in [0.25, 0.3) is 0 Å². The average Bonchev–Trinajstić information content (AvgIpc) is 1.32. The van der Waals surface area contributed by atoms with Crippen molar-refractivity contribution in [3.8, 4) is 0 Å². The first-order chi connectivity index (χ1) is 59.4. The van der Waals surface area contributed by atoms with Gasteiger partial charge in [-0.2, -0.15) is 9.90 Å². The van der Waals surface area contributed by atoms with Gasteiger partial charge in [0.1, 0.15) is 40.7 Å². The zero-order valence-corrected chi connectivity index (χ0v) is 84.4. The summed E-state index contributed by atoms with van der Waals surface area (Å²) in [5, 5.41) is 29.5. The Morgan fingerprint density at radius 1 is 0.431 bits per heavy atom. The third-order valence-corrected chi connectivity index (χ3v) is 36.1. The van der Waals surface area contributed by atoms with E-state index in [1.807, 2.05) is 31.2 Å². The summed E-state index contributed by atoms with van der Waals surface area (Å²) < 4.78 is 15.4. The minimum Gasteiger partial charge on any atom is -0.466 e. The van der Waals surface area contributed by atoms with Gasteiger partial charge in [-0.05, 0) is 312 Å². The summed E-state index contributed by atoms with van der Waals surface area (Å²) in [7, 11) is 1.80. The lowest BCUT2D eigenvalue weighted by atomic mass is 9.68. The lowest BCUT2D eigenvalue weighted by Crippen LogP contribution is -2.46. The van der Waals surface area contributed by atoms with Crippen LogP contribution in [0, 0.1) is 38.9 Å². The molecule has 5 saturated carbocycles. The molecule has 130 heavy (non-hydrogen) atoms. The molecule has 5 aliphatic carbocycles. The number of hydrogen-bond acceptors (Lipinski definition) is 25. The molecule has 14 aliphatic rings. The van der Waals surface area contributed by atoms with Gasteiger partial charge in [0.05, 0.1) is 66.0 Å². The van der Waals surface area contributed by atoms with Crippen molar-refractivity contribution in [3.05, 3.63) is 111 Å². The van der Waals surface area contributed by atoms with E-state index in [9.17, 15) is 52.7 Å². The molecule has 9 fully saturated rings. The minimum atomic E-state index is -0.478. The largest absolute Gasteiger partial charge is 0.466 e. The lowest BCUT2D eigenvalue weighted by molar-refractivity contribution is -0.150. The zero-order valence-electron chi connectivity index (χ0n) is 71.8. The highest BCUT2D eigenvalue weighted by molar-refractivity contribution is 9.11. The number of pyridine rings is 5. The van der Waals surface area contributed by atoms with E-state index in [2.05, 4.69) is 195 Å². The van der Waals surface area contributed by atoms with Crippen LogP contribution >= 0.6 is 137 Å². The quantitative estimate of drug-likeness (QED) is 0.0358. The fourth-order valence-corrected chi connectivity index (χ4v) is 27.5. The van der Waals surface area contributed by atoms with Gasteiger partial charge in [0.2, 0.25) is 41.4 Å². The van der Waals surface area contributed by atoms with Crippen LogP contribution in [0.5, 0.6) is 0 Å². The number of carbonyl (C=O) groups excluding carboxylic acids is 11. The molecule has 5 aromatic heterocycles. The van der Waals surface area contributed by atoms with Gasteiger partial charge >= 0.3 is 11.9 Å². The summed E-state index contributed by atoms with van der Waals surface area (Å²) >= 11 is 25.5. The van der Waals surface area contributed by atoms with Crippen molar-refractivity contribution >= 4 is 236 Å². The highest BCUT2D eigenvalue weighted by atomic mass is 79.9. The van der Waals surface area contributed by atoms with Crippen molar-refractivity contribution in [2.24, 2.45) is 44.1 Å². The number of nitrogens with one attached hydrogen (secondary N) is 6. The zero-order chi connectivity index (χ0) is 88.2. The summed E-state index contributed by atoms with van der Waals surface area (Å²) in [6, 6.07) is 10.1. The Kier molecular flexibility index (Phi) is 41.9. The van der Waals surface area contributed by atoms with E-state index < -0.39 is 16.2 Å². The number of oxime groups is 1. The Morgan fingerprint density at radius 2 is 0.731 bits per heavy atom. The van der Waals surface area contributed by atoms with E-state index >= 15 is 0 Å². The molecule has 14 heterocycles. The average molecular weight is 2210 g/mol. The van der Waals surface area contributed by atoms with Crippen LogP contribution in [0.15, 0.2) is 88.8 Å². The maximum absolute atomic E-state index is 12.6. The maximum Gasteiger partial charge on any atom is 0.308 e. The van der Waals surface area contributed by atoms with Gasteiger partial charge < -0.3 is 63.1 Å². The molecule has 9 aliphatic heterocycles. The topological polar surface area (TPSA) is 445 Å². The number of hydrogen-bond donors (Lipinski definition) is 8. The molecule has 714 valence electrons. The molecule has 3 unspecified atom stereocenters. The fourth-order valence-electron chi connectivity index (χ4n) is 19.1. The van der Waals surface area contributed by atoms with Gasteiger partial charge in [-0.3, -0.25) is 52.7 Å². The van der Waals surface area contributed by atoms with Crippen molar-refractivity contribution in [1.82, 2.24) is 41.3 Å². The number of amides is 7. The number of halogens is 5. The van der Waals surface area contributed by atoms with Gasteiger partial charge in [0.15, 0.2) is 0 Å². The van der Waals surface area contributed by atoms with E-state index in [1.165, 1.54) is 41.4 Å². The van der Waals surface area contributed by atoms with E-state index in [0.29, 0.717) is 186 Å². The number of likely N-dealkylation sites (tertiary alicyclic amines) is 1. The van der Waals surface area contributed by atoms with E-state index in [-0.39, 0.29) is 131 Å². The number of carbonyl (C=O) groups is 11. The number of anilines is 5. The predicted molar refractivity (Wildman–Crippen MR) is 539 cm³/mol. The molecule has 12 N–H and O–H groups in total. The predicted octanol–water partition coefficient (Wildman–Crippen LogP) is 18.4. The molecule has 0 radical (unpaired) electrons. The summed E-state index contributed by atoms with van der Waals surface area (Å²) in [5.74, 6) is 9.46. The van der Waals surface area contributed by atoms with Crippen molar-refractivity contribution < 1.29 is 72.9 Å². The van der Waals surface area contributed by atoms with Crippen LogP contribution in [0.1, 0.15) is 231 Å². The van der Waals surface area contributed by atoms with Gasteiger partial charge in [-0.15, -0.1) is 47.0 Å². The van der Waals surface area contributed by atoms with Crippen LogP contribution in [-0.2, 0) is 94.3 Å². The summed E-state index contributed by atoms with van der Waals surface area (Å²) in [6.07, 6.45) is 31.8. The number of nitrogens with zero attached hydrogens (tertiary/aromatic N) is 7. The van der Waals surface area contributed by atoms with Crippen LogP contribution < -0.4 is 38.1 Å². The molecule has 7 amide bonds. The van der Waals surface area contributed by atoms with Crippen LogP contribution in [0.3, 0.4) is 0 Å². The molecule has 0 bridgehead atoms. The Bertz CT molecular complexity index is 4910. The molecule has 29 nitrogen and oxygen atoms in total. The number of ether oxygens (including phenoxy) is 2. The molecule has 39 heteroatoms. The number of esters is 2. The summed E-state index contributed by atoms with van der Waals surface area (Å²) in [6.45, 7) is 5.82. The van der Waals surface area contributed by atoms with Crippen molar-refractivity contribution in [2.45, 2.75) is 243 Å². The molecule has 3 atom stereocenters. The van der Waals surface area contributed by atoms with E-state index in [0.717, 1.165) is 114 Å². The van der Waals surface area contributed by atoms with E-state index in [4.69, 9.17) is 14.7 Å². The Morgan fingerprint density at radius 3 is 1.08 bits per heavy atom. The summed E-state index contributed by atoms with van der Waals surface area (Å²) in [5.41, 5.74) is 4.22. The number of rotatable bonds is 4. The second-order valence-electron chi connectivity index (χ2n) is 34.5. The number of thioether (sulfide) groups is 4. The monoisotopic (exact) mass is 2210 g/mol. The van der Waals surface area contributed by atoms with Gasteiger partial charge in [-0.25, -0.2) is 24.9 Å². The first-order valence-corrected chi connectivity index (χ1v) is 50.7. The molecule has 0 aromatic carbocycles. The van der Waals surface area contributed by atoms with Crippen LogP contribution in [0.4, 0.5) is 29.1 Å². The molecular weight excluding hydrogens is 2090 g/mol. The number of Topliss-reactive ketones (excluding diaryl/α,β-unsaturated/α-hetero) is 2. The Hall–Kier alpha value is -6.06. The van der Waals surface area contributed by atoms with Crippen LogP contribution in [0.25, 0.3) is 0 Å². The number of fused-ring (bicyclic) bond motifs is 5. The van der Waals surface area contributed by atoms with Crippen molar-refractivity contribution in [1.29, 1.82) is 0 Å². The van der Waals surface area contributed by atoms with Crippen molar-refractivity contribution in [2.75, 3.05) is 82.9 Å². The molecular formula is C91H126Br5N14O15PS4. The second-order valence-corrected chi connectivity index (χ2v) is 45.5. The SMILES string of the molecule is C.C.C.CCOC(=O)C1CCC(=O)CC1.CCOC(=O)C1CCC2(CC1)SCCS2.CN1CCC2(CCC1=O)Cc1cc(Br)cnc1NC2=O.N.O.O=C1CCC2(CC1)Cc1cc(Br)cnc1NC2=O.O=C1CCC2(CCN1)Cc1cc(Br)cnc1NC2=O.O=C1Nc2ncc(Br)cc2CC12CCC(=NO)CC2.O=C1Nc2ncc(Br)cc2CC12CCC1(CC2)SCCS1.P. The lowest BCUT2D eigenvalue weighted by Gasteiger charge is -2.45. The van der Waals surface area contributed by atoms with E-state index in [1.54, 1.807) is 49.9 Å². The highest BCUT2D eigenvalue weighted by Crippen LogP contribution is 2.59. The normalized spacial score (nSPS) is 22.8.